The number of thiol groups is 1. The summed E-state index contributed by atoms with van der Waals surface area (Å²) in [5.41, 5.74) is 1.09. The van der Waals surface area contributed by atoms with Gasteiger partial charge in [0.15, 0.2) is 0 Å². The lowest BCUT2D eigenvalue weighted by Crippen LogP contribution is -2.03. The van der Waals surface area contributed by atoms with Crippen molar-refractivity contribution in [3.63, 3.8) is 0 Å². The maximum Gasteiger partial charge on any atom is 0.341 e. The van der Waals surface area contributed by atoms with E-state index in [1.807, 2.05) is 12.2 Å². The standard InChI is InChI=1S/C11H12ClNO2S/c1-15-11(14)9-6-8(4-2-3-5-16)7-13-10(9)12/h2,4,6-7,16H,3,5H2,1H3. The molecule has 0 atom stereocenters. The molecule has 0 spiro atoms. The van der Waals surface area contributed by atoms with Crippen LogP contribution in [0.2, 0.25) is 5.15 Å². The molecule has 0 fully saturated rings. The van der Waals surface area contributed by atoms with Crippen molar-refractivity contribution in [2.45, 2.75) is 6.42 Å². The summed E-state index contributed by atoms with van der Waals surface area (Å²) < 4.78 is 4.60. The molecule has 0 unspecified atom stereocenters. The van der Waals surface area contributed by atoms with Gasteiger partial charge >= 0.3 is 5.97 Å². The van der Waals surface area contributed by atoms with E-state index >= 15 is 0 Å². The first-order chi connectivity index (χ1) is 7.69. The number of methoxy groups -OCH3 is 1. The highest BCUT2D eigenvalue weighted by Crippen LogP contribution is 2.16. The molecule has 0 amide bonds. The van der Waals surface area contributed by atoms with Gasteiger partial charge in [0.2, 0.25) is 0 Å². The van der Waals surface area contributed by atoms with Gasteiger partial charge in [-0.15, -0.1) is 0 Å². The normalized spacial score (nSPS) is 10.7. The summed E-state index contributed by atoms with van der Waals surface area (Å²) >= 11 is 9.87. The molecule has 0 aliphatic rings. The number of halogens is 1. The van der Waals surface area contributed by atoms with Crippen molar-refractivity contribution >= 4 is 36.3 Å². The van der Waals surface area contributed by atoms with E-state index in [4.69, 9.17) is 11.6 Å². The fourth-order valence-electron chi connectivity index (χ4n) is 1.10. The van der Waals surface area contributed by atoms with Gasteiger partial charge in [-0.1, -0.05) is 23.8 Å². The van der Waals surface area contributed by atoms with E-state index in [9.17, 15) is 4.79 Å². The number of carbonyl (C=O) groups excluding carboxylic acids is 1. The first-order valence-corrected chi connectivity index (χ1v) is 5.71. The Kier molecular flexibility index (Phi) is 5.35. The molecule has 1 rings (SSSR count). The van der Waals surface area contributed by atoms with Gasteiger partial charge in [-0.25, -0.2) is 9.78 Å². The lowest BCUT2D eigenvalue weighted by molar-refractivity contribution is 0.0600. The highest BCUT2D eigenvalue weighted by Gasteiger charge is 2.11. The van der Waals surface area contributed by atoms with Gasteiger partial charge in [-0.3, -0.25) is 0 Å². The Bertz CT molecular complexity index is 407. The topological polar surface area (TPSA) is 39.2 Å². The first kappa shape index (κ1) is 13.1. The van der Waals surface area contributed by atoms with E-state index in [1.54, 1.807) is 12.3 Å². The van der Waals surface area contributed by atoms with Gasteiger partial charge in [0.1, 0.15) is 5.15 Å². The minimum absolute atomic E-state index is 0.151. The van der Waals surface area contributed by atoms with Gasteiger partial charge in [-0.2, -0.15) is 12.6 Å². The Balaban J connectivity index is 2.93. The largest absolute Gasteiger partial charge is 0.465 e. The average molecular weight is 258 g/mol. The number of pyridine rings is 1. The van der Waals surface area contributed by atoms with E-state index in [0.717, 1.165) is 17.7 Å². The molecule has 0 saturated heterocycles. The number of esters is 1. The maximum atomic E-state index is 11.3. The van der Waals surface area contributed by atoms with Crippen LogP contribution in [0, 0.1) is 0 Å². The van der Waals surface area contributed by atoms with Crippen LogP contribution in [0.25, 0.3) is 6.08 Å². The third kappa shape index (κ3) is 3.54. The van der Waals surface area contributed by atoms with Crippen molar-refractivity contribution in [1.82, 2.24) is 4.98 Å². The predicted molar refractivity (Wildman–Crippen MR) is 68.1 cm³/mol. The van der Waals surface area contributed by atoms with E-state index < -0.39 is 5.97 Å². The van der Waals surface area contributed by atoms with Gasteiger partial charge < -0.3 is 4.74 Å². The average Bonchev–Trinajstić information content (AvgIpc) is 2.30. The summed E-state index contributed by atoms with van der Waals surface area (Å²) in [7, 11) is 1.31. The molecule has 3 nitrogen and oxygen atoms in total. The highest BCUT2D eigenvalue weighted by atomic mass is 35.5. The number of rotatable bonds is 4. The molecule has 1 heterocycles. The minimum Gasteiger partial charge on any atom is -0.465 e. The fourth-order valence-corrected chi connectivity index (χ4v) is 1.43. The van der Waals surface area contributed by atoms with Crippen LogP contribution in [-0.2, 0) is 4.74 Å². The second kappa shape index (κ2) is 6.55. The molecule has 0 aliphatic carbocycles. The van der Waals surface area contributed by atoms with Crippen LogP contribution in [0.5, 0.6) is 0 Å². The lowest BCUT2D eigenvalue weighted by Gasteiger charge is -2.02. The molecule has 0 N–H and O–H groups in total. The number of ether oxygens (including phenoxy) is 1. The van der Waals surface area contributed by atoms with Gasteiger partial charge in [0.25, 0.3) is 0 Å². The van der Waals surface area contributed by atoms with Crippen LogP contribution in [-0.4, -0.2) is 23.8 Å². The zero-order valence-electron chi connectivity index (χ0n) is 8.81. The Morgan fingerprint density at radius 2 is 2.44 bits per heavy atom. The van der Waals surface area contributed by atoms with Crippen molar-refractivity contribution in [3.8, 4) is 0 Å². The molecule has 5 heteroatoms. The smallest absolute Gasteiger partial charge is 0.341 e. The summed E-state index contributed by atoms with van der Waals surface area (Å²) in [5.74, 6) is 0.295. The molecule has 0 aromatic carbocycles. The second-order valence-electron chi connectivity index (χ2n) is 3.01. The molecule has 0 bridgehead atoms. The summed E-state index contributed by atoms with van der Waals surface area (Å²) in [6, 6.07) is 1.65. The van der Waals surface area contributed by atoms with Crippen LogP contribution in [0.3, 0.4) is 0 Å². The third-order valence-corrected chi connectivity index (χ3v) is 2.43. The van der Waals surface area contributed by atoms with E-state index in [0.29, 0.717) is 0 Å². The van der Waals surface area contributed by atoms with Crippen molar-refractivity contribution in [2.24, 2.45) is 0 Å². The SMILES string of the molecule is COC(=O)c1cc(C=CCCS)cnc1Cl. The first-order valence-electron chi connectivity index (χ1n) is 4.70. The van der Waals surface area contributed by atoms with Crippen LogP contribution in [0.4, 0.5) is 0 Å². The molecule has 0 radical (unpaired) electrons. The molecule has 86 valence electrons. The Morgan fingerprint density at radius 1 is 1.69 bits per heavy atom. The molecular weight excluding hydrogens is 246 g/mol. The van der Waals surface area contributed by atoms with E-state index in [1.165, 1.54) is 7.11 Å². The number of hydrogen-bond acceptors (Lipinski definition) is 4. The van der Waals surface area contributed by atoms with E-state index in [2.05, 4.69) is 22.3 Å². The van der Waals surface area contributed by atoms with Crippen LogP contribution in [0.1, 0.15) is 22.3 Å². The minimum atomic E-state index is -0.484. The summed E-state index contributed by atoms with van der Waals surface area (Å²) in [4.78, 5) is 15.3. The Labute approximate surface area is 105 Å². The summed E-state index contributed by atoms with van der Waals surface area (Å²) in [5, 5.41) is 0.151. The number of hydrogen-bond donors (Lipinski definition) is 1. The quantitative estimate of drug-likeness (QED) is 0.512. The Morgan fingerprint density at radius 3 is 3.06 bits per heavy atom. The fraction of sp³-hybridized carbons (Fsp3) is 0.273. The maximum absolute atomic E-state index is 11.3. The Hall–Kier alpha value is -1.00. The monoisotopic (exact) mass is 257 g/mol. The van der Waals surface area contributed by atoms with Crippen molar-refractivity contribution in [3.05, 3.63) is 34.6 Å². The number of carbonyl (C=O) groups is 1. The molecule has 1 aromatic heterocycles. The molecule has 0 saturated carbocycles. The van der Waals surface area contributed by atoms with Gasteiger partial charge in [0, 0.05) is 6.20 Å². The number of aromatic nitrogens is 1. The molecule has 0 aliphatic heterocycles. The number of nitrogens with zero attached hydrogens (tertiary/aromatic N) is 1. The van der Waals surface area contributed by atoms with E-state index in [-0.39, 0.29) is 10.7 Å². The van der Waals surface area contributed by atoms with Crippen LogP contribution >= 0.6 is 24.2 Å². The third-order valence-electron chi connectivity index (χ3n) is 1.87. The zero-order chi connectivity index (χ0) is 12.0. The number of allylic oxidation sites excluding steroid dienone is 1. The molecule has 1 aromatic rings. The second-order valence-corrected chi connectivity index (χ2v) is 3.82. The molecular formula is C11H12ClNO2S. The van der Waals surface area contributed by atoms with Crippen LogP contribution < -0.4 is 0 Å². The van der Waals surface area contributed by atoms with Crippen LogP contribution in [0.15, 0.2) is 18.3 Å². The lowest BCUT2D eigenvalue weighted by atomic mass is 10.2. The predicted octanol–water partition coefficient (Wildman–Crippen LogP) is 2.85. The molecule has 16 heavy (non-hydrogen) atoms. The van der Waals surface area contributed by atoms with Gasteiger partial charge in [-0.05, 0) is 23.8 Å². The van der Waals surface area contributed by atoms with Crippen molar-refractivity contribution in [2.75, 3.05) is 12.9 Å². The van der Waals surface area contributed by atoms with Crippen molar-refractivity contribution < 1.29 is 9.53 Å². The highest BCUT2D eigenvalue weighted by molar-refractivity contribution is 7.80. The van der Waals surface area contributed by atoms with Crippen molar-refractivity contribution in [1.29, 1.82) is 0 Å². The zero-order valence-corrected chi connectivity index (χ0v) is 10.5. The summed E-state index contributed by atoms with van der Waals surface area (Å²) in [6.45, 7) is 0. The van der Waals surface area contributed by atoms with Gasteiger partial charge in [0.05, 0.1) is 12.7 Å². The summed E-state index contributed by atoms with van der Waals surface area (Å²) in [6.07, 6.45) is 6.29.